The first kappa shape index (κ1) is 18.2. The highest BCUT2D eigenvalue weighted by Gasteiger charge is 2.25. The summed E-state index contributed by atoms with van der Waals surface area (Å²) in [6, 6.07) is 15.3. The lowest BCUT2D eigenvalue weighted by atomic mass is 10.1. The van der Waals surface area contributed by atoms with Crippen LogP contribution in [0.2, 0.25) is 0 Å². The highest BCUT2D eigenvalue weighted by Crippen LogP contribution is 2.26. The summed E-state index contributed by atoms with van der Waals surface area (Å²) < 4.78 is 30.5. The molecule has 0 amide bonds. The van der Waals surface area contributed by atoms with Crippen LogP contribution in [0.15, 0.2) is 53.4 Å². The summed E-state index contributed by atoms with van der Waals surface area (Å²) in [6.45, 7) is 7.51. The Labute approximate surface area is 154 Å². The van der Waals surface area contributed by atoms with Gasteiger partial charge in [-0.2, -0.15) is 5.10 Å². The van der Waals surface area contributed by atoms with Gasteiger partial charge in [0.05, 0.1) is 22.8 Å². The van der Waals surface area contributed by atoms with Crippen molar-refractivity contribution in [3.63, 3.8) is 0 Å². The third-order valence-corrected chi connectivity index (χ3v) is 6.03. The van der Waals surface area contributed by atoms with Crippen LogP contribution in [0.5, 0.6) is 0 Å². The Kier molecular flexibility index (Phi) is 4.87. The van der Waals surface area contributed by atoms with Crippen molar-refractivity contribution < 1.29 is 8.42 Å². The second-order valence-electron chi connectivity index (χ2n) is 6.36. The van der Waals surface area contributed by atoms with E-state index in [1.807, 2.05) is 56.3 Å². The smallest absolute Gasteiger partial charge is 0.265 e. The highest BCUT2D eigenvalue weighted by molar-refractivity contribution is 7.92. The average molecular weight is 369 g/mol. The number of hydrogen-bond acceptors (Lipinski definition) is 3. The number of aryl methyl sites for hydroxylation is 3. The van der Waals surface area contributed by atoms with Crippen LogP contribution in [0.1, 0.15) is 29.4 Å². The monoisotopic (exact) mass is 369 g/mol. The number of anilines is 1. The van der Waals surface area contributed by atoms with Gasteiger partial charge in [0.25, 0.3) is 10.0 Å². The molecular weight excluding hydrogens is 346 g/mol. The molecule has 2 aromatic carbocycles. The van der Waals surface area contributed by atoms with Crippen molar-refractivity contribution in [1.29, 1.82) is 0 Å². The molecule has 0 spiro atoms. The summed E-state index contributed by atoms with van der Waals surface area (Å²) in [7, 11) is -3.74. The second kappa shape index (κ2) is 6.96. The van der Waals surface area contributed by atoms with E-state index in [2.05, 4.69) is 9.82 Å². The highest BCUT2D eigenvalue weighted by atomic mass is 32.2. The van der Waals surface area contributed by atoms with Crippen molar-refractivity contribution in [2.75, 3.05) is 4.72 Å². The van der Waals surface area contributed by atoms with Gasteiger partial charge in [-0.05, 0) is 51.0 Å². The third-order valence-electron chi connectivity index (χ3n) is 4.41. The van der Waals surface area contributed by atoms with Gasteiger partial charge < -0.3 is 0 Å². The first-order valence-electron chi connectivity index (χ1n) is 8.57. The molecular formula is C20H23N3O2S. The molecule has 26 heavy (non-hydrogen) atoms. The van der Waals surface area contributed by atoms with E-state index < -0.39 is 10.0 Å². The predicted molar refractivity (Wildman–Crippen MR) is 104 cm³/mol. The van der Waals surface area contributed by atoms with Gasteiger partial charge in [-0.1, -0.05) is 42.8 Å². The number of sulfonamides is 1. The average Bonchev–Trinajstić information content (AvgIpc) is 2.91. The molecule has 0 saturated heterocycles. The third kappa shape index (κ3) is 3.37. The van der Waals surface area contributed by atoms with Gasteiger partial charge in [0.2, 0.25) is 0 Å². The normalized spacial score (nSPS) is 11.5. The molecule has 0 saturated carbocycles. The van der Waals surface area contributed by atoms with Gasteiger partial charge in [-0.3, -0.25) is 4.72 Å². The van der Waals surface area contributed by atoms with E-state index in [9.17, 15) is 8.42 Å². The molecule has 1 aromatic heterocycles. The van der Waals surface area contributed by atoms with Crippen molar-refractivity contribution in [2.45, 2.75) is 39.0 Å². The lowest BCUT2D eigenvalue weighted by Crippen LogP contribution is -2.16. The van der Waals surface area contributed by atoms with Crippen LogP contribution in [-0.4, -0.2) is 18.2 Å². The summed E-state index contributed by atoms with van der Waals surface area (Å²) in [5, 5.41) is 4.46. The zero-order chi connectivity index (χ0) is 18.9. The lowest BCUT2D eigenvalue weighted by molar-refractivity contribution is 0.600. The van der Waals surface area contributed by atoms with Crippen molar-refractivity contribution >= 4 is 15.7 Å². The van der Waals surface area contributed by atoms with Crippen LogP contribution in [0, 0.1) is 20.8 Å². The Morgan fingerprint density at radius 2 is 1.65 bits per heavy atom. The Bertz CT molecular complexity index is 1040. The molecule has 0 bridgehead atoms. The molecule has 6 heteroatoms. The van der Waals surface area contributed by atoms with Crippen LogP contribution in [0.3, 0.4) is 0 Å². The van der Waals surface area contributed by atoms with Crippen molar-refractivity contribution in [2.24, 2.45) is 0 Å². The Morgan fingerprint density at radius 1 is 1.00 bits per heavy atom. The minimum atomic E-state index is -3.74. The Hall–Kier alpha value is -2.60. The minimum absolute atomic E-state index is 0.226. The molecule has 3 aromatic rings. The number of para-hydroxylation sites is 1. The summed E-state index contributed by atoms with van der Waals surface area (Å²) in [4.78, 5) is 0.226. The fraction of sp³-hybridized carbons (Fsp3) is 0.250. The standard InChI is InChI=1S/C20H23N3O2S/c1-5-17-8-6-7-9-19(17)22-26(24,25)20-15(3)21-23(16(20)4)18-12-10-14(2)11-13-18/h6-13,22H,5H2,1-4H3. The quantitative estimate of drug-likeness (QED) is 0.734. The fourth-order valence-corrected chi connectivity index (χ4v) is 4.57. The number of nitrogens with zero attached hydrogens (tertiary/aromatic N) is 2. The van der Waals surface area contributed by atoms with Gasteiger partial charge in [0.15, 0.2) is 0 Å². The van der Waals surface area contributed by atoms with E-state index in [4.69, 9.17) is 0 Å². The SMILES string of the molecule is CCc1ccccc1NS(=O)(=O)c1c(C)nn(-c2ccc(C)cc2)c1C. The van der Waals surface area contributed by atoms with Crippen LogP contribution in [0.4, 0.5) is 5.69 Å². The van der Waals surface area contributed by atoms with E-state index in [1.54, 1.807) is 24.6 Å². The number of rotatable bonds is 5. The van der Waals surface area contributed by atoms with Gasteiger partial charge >= 0.3 is 0 Å². The lowest BCUT2D eigenvalue weighted by Gasteiger charge is -2.12. The molecule has 0 radical (unpaired) electrons. The van der Waals surface area contributed by atoms with Gasteiger partial charge in [0.1, 0.15) is 4.90 Å². The van der Waals surface area contributed by atoms with Crippen LogP contribution >= 0.6 is 0 Å². The van der Waals surface area contributed by atoms with E-state index in [0.717, 1.165) is 23.2 Å². The summed E-state index contributed by atoms with van der Waals surface area (Å²) >= 11 is 0. The van der Waals surface area contributed by atoms with E-state index in [-0.39, 0.29) is 4.90 Å². The van der Waals surface area contributed by atoms with Gasteiger partial charge in [-0.25, -0.2) is 13.1 Å². The van der Waals surface area contributed by atoms with Crippen molar-refractivity contribution in [1.82, 2.24) is 9.78 Å². The molecule has 0 atom stereocenters. The van der Waals surface area contributed by atoms with Gasteiger partial charge in [0, 0.05) is 0 Å². The van der Waals surface area contributed by atoms with E-state index in [1.165, 1.54) is 0 Å². The molecule has 0 fully saturated rings. The number of hydrogen-bond donors (Lipinski definition) is 1. The fourth-order valence-electron chi connectivity index (χ4n) is 3.08. The molecule has 3 rings (SSSR count). The number of nitrogens with one attached hydrogen (secondary N) is 1. The zero-order valence-corrected chi connectivity index (χ0v) is 16.3. The predicted octanol–water partition coefficient (Wildman–Crippen LogP) is 4.16. The first-order chi connectivity index (χ1) is 12.3. The minimum Gasteiger partial charge on any atom is -0.279 e. The summed E-state index contributed by atoms with van der Waals surface area (Å²) in [5.41, 5.74) is 4.61. The Balaban J connectivity index is 2.04. The van der Waals surface area contributed by atoms with Crippen molar-refractivity contribution in [3.8, 4) is 5.69 Å². The molecule has 1 N–H and O–H groups in total. The summed E-state index contributed by atoms with van der Waals surface area (Å²) in [5.74, 6) is 0. The largest absolute Gasteiger partial charge is 0.279 e. The van der Waals surface area contributed by atoms with E-state index in [0.29, 0.717) is 17.1 Å². The molecule has 0 aliphatic heterocycles. The maximum Gasteiger partial charge on any atom is 0.265 e. The van der Waals surface area contributed by atoms with Gasteiger partial charge in [-0.15, -0.1) is 0 Å². The Morgan fingerprint density at radius 3 is 2.31 bits per heavy atom. The van der Waals surface area contributed by atoms with E-state index >= 15 is 0 Å². The molecule has 0 aliphatic carbocycles. The van der Waals surface area contributed by atoms with Crippen LogP contribution in [-0.2, 0) is 16.4 Å². The maximum absolute atomic E-state index is 13.0. The van der Waals surface area contributed by atoms with Crippen LogP contribution < -0.4 is 4.72 Å². The maximum atomic E-state index is 13.0. The number of aromatic nitrogens is 2. The molecule has 1 heterocycles. The zero-order valence-electron chi connectivity index (χ0n) is 15.4. The first-order valence-corrected chi connectivity index (χ1v) is 10.1. The number of benzene rings is 2. The molecule has 0 aliphatic rings. The van der Waals surface area contributed by atoms with Crippen LogP contribution in [0.25, 0.3) is 5.69 Å². The summed E-state index contributed by atoms with van der Waals surface area (Å²) in [6.07, 6.45) is 0.749. The molecule has 0 unspecified atom stereocenters. The topological polar surface area (TPSA) is 64.0 Å². The second-order valence-corrected chi connectivity index (χ2v) is 7.98. The van der Waals surface area contributed by atoms with Crippen molar-refractivity contribution in [3.05, 3.63) is 71.0 Å². The molecule has 136 valence electrons. The molecule has 5 nitrogen and oxygen atoms in total.